The molecular weight excluding hydrogens is 184 g/mol. The van der Waals surface area contributed by atoms with Crippen molar-refractivity contribution in [3.63, 3.8) is 0 Å². The van der Waals surface area contributed by atoms with E-state index in [1.54, 1.807) is 0 Å². The van der Waals surface area contributed by atoms with Gasteiger partial charge in [0.2, 0.25) is 0 Å². The van der Waals surface area contributed by atoms with Gasteiger partial charge in [0.15, 0.2) is 17.4 Å². The normalized spacial score (nSPS) is 6.56. The van der Waals surface area contributed by atoms with E-state index in [2.05, 4.69) is 0 Å². The Balaban J connectivity index is -0.0000000133. The second kappa shape index (κ2) is 13.2. The molecule has 0 rings (SSSR count). The van der Waals surface area contributed by atoms with Gasteiger partial charge in [0.05, 0.1) is 0 Å². The van der Waals surface area contributed by atoms with Crippen LogP contribution >= 0.6 is 7.82 Å². The van der Waals surface area contributed by atoms with Crippen LogP contribution < -0.4 is 0 Å². The molecule has 0 aromatic carbocycles. The summed E-state index contributed by atoms with van der Waals surface area (Å²) in [5.41, 5.74) is 0. The number of rotatable bonds is 0. The second-order valence-corrected chi connectivity index (χ2v) is 1.54. The molecule has 50 valence electrons. The number of phosphoric acid groups is 1. The minimum atomic E-state index is -4.64. The molecule has 0 aliphatic heterocycles. The fraction of sp³-hybridized carbons (Fsp3) is 0. The summed E-state index contributed by atoms with van der Waals surface area (Å²) in [5, 5.41) is 0. The van der Waals surface area contributed by atoms with E-state index in [9.17, 15) is 0 Å². The van der Waals surface area contributed by atoms with E-state index >= 15 is 0 Å². The van der Waals surface area contributed by atoms with Gasteiger partial charge >= 0.3 is 66.9 Å². The SMILES string of the molecule is O.O=P(O)(O)O.[AlH3].[NaH].[NaH]. The van der Waals surface area contributed by atoms with Crippen molar-refractivity contribution in [1.29, 1.82) is 0 Å². The van der Waals surface area contributed by atoms with Crippen molar-refractivity contribution in [2.45, 2.75) is 0 Å². The van der Waals surface area contributed by atoms with Crippen LogP contribution in [0.3, 0.4) is 0 Å². The van der Waals surface area contributed by atoms with Crippen LogP contribution in [0.4, 0.5) is 0 Å². The van der Waals surface area contributed by atoms with E-state index < -0.39 is 7.82 Å². The van der Waals surface area contributed by atoms with Gasteiger partial charge in [-0.05, 0) is 0 Å². The van der Waals surface area contributed by atoms with E-state index in [-0.39, 0.29) is 82.0 Å². The van der Waals surface area contributed by atoms with Gasteiger partial charge in [0, 0.05) is 0 Å². The van der Waals surface area contributed by atoms with Crippen LogP contribution in [0.2, 0.25) is 0 Å². The third-order valence-corrected chi connectivity index (χ3v) is 0. The van der Waals surface area contributed by atoms with E-state index in [0.29, 0.717) is 0 Å². The van der Waals surface area contributed by atoms with Gasteiger partial charge in [-0.25, -0.2) is 4.57 Å². The molecule has 9 heavy (non-hydrogen) atoms. The second-order valence-electron chi connectivity index (χ2n) is 0.513. The molecule has 0 aromatic rings. The molecular formula is H10AlNa2O5P. The van der Waals surface area contributed by atoms with E-state index in [4.69, 9.17) is 19.2 Å². The summed E-state index contributed by atoms with van der Waals surface area (Å²) in [4.78, 5) is 21.6. The summed E-state index contributed by atoms with van der Waals surface area (Å²) in [6.07, 6.45) is 0. The third kappa shape index (κ3) is 116. The molecule has 0 aromatic heterocycles. The first-order valence-electron chi connectivity index (χ1n) is 0.783. The molecule has 0 spiro atoms. The summed E-state index contributed by atoms with van der Waals surface area (Å²) in [5.74, 6) is 0. The summed E-state index contributed by atoms with van der Waals surface area (Å²) >= 11 is 0. The van der Waals surface area contributed by atoms with Gasteiger partial charge in [0.25, 0.3) is 0 Å². The summed E-state index contributed by atoms with van der Waals surface area (Å²) in [6.45, 7) is 0. The predicted molar refractivity (Wildman–Crippen MR) is 42.1 cm³/mol. The Hall–Kier alpha value is 2.60. The molecule has 0 saturated heterocycles. The molecule has 0 radical (unpaired) electrons. The molecule has 5 N–H and O–H groups in total. The van der Waals surface area contributed by atoms with Crippen LogP contribution in [0, 0.1) is 0 Å². The fourth-order valence-electron chi connectivity index (χ4n) is 0. The van der Waals surface area contributed by atoms with Crippen molar-refractivity contribution in [3.8, 4) is 0 Å². The van der Waals surface area contributed by atoms with Crippen molar-refractivity contribution in [2.75, 3.05) is 0 Å². The van der Waals surface area contributed by atoms with Gasteiger partial charge < -0.3 is 20.2 Å². The first kappa shape index (κ1) is 29.9. The van der Waals surface area contributed by atoms with Gasteiger partial charge in [-0.1, -0.05) is 0 Å². The molecule has 0 aliphatic carbocycles. The van der Waals surface area contributed by atoms with E-state index in [1.165, 1.54) is 0 Å². The molecule has 0 amide bonds. The average Bonchev–Trinajstić information content (AvgIpc) is 0.722. The zero-order chi connectivity index (χ0) is 4.50. The Morgan fingerprint density at radius 1 is 1.00 bits per heavy atom. The average molecular weight is 194 g/mol. The monoisotopic (exact) mass is 194 g/mol. The van der Waals surface area contributed by atoms with Gasteiger partial charge in [-0.3, -0.25) is 0 Å². The van der Waals surface area contributed by atoms with Crippen molar-refractivity contribution >= 4 is 84.3 Å². The van der Waals surface area contributed by atoms with Crippen LogP contribution in [0.15, 0.2) is 0 Å². The van der Waals surface area contributed by atoms with Crippen LogP contribution in [0.1, 0.15) is 0 Å². The van der Waals surface area contributed by atoms with Gasteiger partial charge in [-0.2, -0.15) is 0 Å². The van der Waals surface area contributed by atoms with Crippen molar-refractivity contribution in [1.82, 2.24) is 0 Å². The maximum absolute atomic E-state index is 8.88. The molecule has 0 bridgehead atoms. The minimum absolute atomic E-state index is 0. The molecule has 9 heteroatoms. The molecule has 0 fully saturated rings. The zero-order valence-corrected chi connectivity index (χ0v) is 3.59. The Labute approximate surface area is 107 Å². The Kier molecular flexibility index (Phi) is 43.9. The Bertz CT molecular complexity index is 61.1. The number of hydrogen-bond donors (Lipinski definition) is 3. The Morgan fingerprint density at radius 3 is 1.00 bits per heavy atom. The van der Waals surface area contributed by atoms with Crippen LogP contribution in [0.25, 0.3) is 0 Å². The first-order valence-corrected chi connectivity index (χ1v) is 2.35. The van der Waals surface area contributed by atoms with Crippen molar-refractivity contribution in [3.05, 3.63) is 0 Å². The van der Waals surface area contributed by atoms with Crippen molar-refractivity contribution < 1.29 is 24.7 Å². The standard InChI is InChI=1S/Al.2Na.H3O4P.H2O.5H/c;;;1-5(2,3)4;;;;;;/h;;;(H3,1,2,3,4);1H2;;;;;. The van der Waals surface area contributed by atoms with Gasteiger partial charge in [0.1, 0.15) is 0 Å². The molecule has 0 aliphatic rings. The quantitative estimate of drug-likeness (QED) is 0.268. The summed E-state index contributed by atoms with van der Waals surface area (Å²) < 4.78 is 8.88. The number of hydrogen-bond acceptors (Lipinski definition) is 1. The first-order chi connectivity index (χ1) is 2.00. The zero-order valence-electron chi connectivity index (χ0n) is 2.70. The molecule has 0 saturated carbocycles. The summed E-state index contributed by atoms with van der Waals surface area (Å²) in [7, 11) is -4.64. The van der Waals surface area contributed by atoms with Crippen LogP contribution in [-0.4, -0.2) is 96.6 Å². The van der Waals surface area contributed by atoms with Crippen LogP contribution in [-0.2, 0) is 4.57 Å². The Morgan fingerprint density at radius 2 is 1.00 bits per heavy atom. The predicted octanol–water partition coefficient (Wildman–Crippen LogP) is -4.23. The molecule has 0 heterocycles. The third-order valence-electron chi connectivity index (χ3n) is 0. The van der Waals surface area contributed by atoms with E-state index in [1.807, 2.05) is 0 Å². The molecule has 0 atom stereocenters. The van der Waals surface area contributed by atoms with Crippen molar-refractivity contribution in [2.24, 2.45) is 0 Å². The maximum atomic E-state index is 8.88. The van der Waals surface area contributed by atoms with E-state index in [0.717, 1.165) is 0 Å². The topological polar surface area (TPSA) is 109 Å². The fourth-order valence-corrected chi connectivity index (χ4v) is 0. The molecule has 0 unspecified atom stereocenters. The van der Waals surface area contributed by atoms with Gasteiger partial charge in [-0.15, -0.1) is 0 Å². The van der Waals surface area contributed by atoms with Crippen LogP contribution in [0.5, 0.6) is 0 Å². The molecule has 5 nitrogen and oxygen atoms in total. The summed E-state index contributed by atoms with van der Waals surface area (Å²) in [6, 6.07) is 0.